The van der Waals surface area contributed by atoms with Gasteiger partial charge in [0.2, 0.25) is 0 Å². The Labute approximate surface area is 185 Å². The number of nitrogens with zero attached hydrogens (tertiary/aromatic N) is 2. The fourth-order valence-corrected chi connectivity index (χ4v) is 4.07. The fourth-order valence-electron chi connectivity index (χ4n) is 4.07. The van der Waals surface area contributed by atoms with Gasteiger partial charge in [-0.2, -0.15) is 0 Å². The molecule has 1 amide bonds. The summed E-state index contributed by atoms with van der Waals surface area (Å²) in [7, 11) is 2.97. The fraction of sp³-hybridized carbons (Fsp3) is 0.391. The molecule has 0 spiro atoms. The van der Waals surface area contributed by atoms with E-state index < -0.39 is 17.7 Å². The standard InChI is InChI=1S/C23H26N2O7/c1-29-15-5-6-16(18(14-15)30-2)21(26)19-20(17-4-3-11-32-17)25(23(28)22(19)27)8-7-24-9-12-31-13-10-24/h3-6,11,14,20,26H,7-10,12-13H2,1-2H3/b21-19+. The molecule has 32 heavy (non-hydrogen) atoms. The van der Waals surface area contributed by atoms with Crippen molar-refractivity contribution >= 4 is 17.4 Å². The lowest BCUT2D eigenvalue weighted by Crippen LogP contribution is -2.42. The lowest BCUT2D eigenvalue weighted by Gasteiger charge is -2.30. The van der Waals surface area contributed by atoms with E-state index in [4.69, 9.17) is 18.6 Å². The molecule has 170 valence electrons. The monoisotopic (exact) mass is 442 g/mol. The van der Waals surface area contributed by atoms with Gasteiger partial charge in [-0.3, -0.25) is 14.5 Å². The number of hydrogen-bond donors (Lipinski definition) is 1. The number of amides is 1. The molecule has 1 aromatic carbocycles. The second-order valence-electron chi connectivity index (χ2n) is 7.53. The van der Waals surface area contributed by atoms with Crippen LogP contribution >= 0.6 is 0 Å². The van der Waals surface area contributed by atoms with Crippen LogP contribution in [0.3, 0.4) is 0 Å². The van der Waals surface area contributed by atoms with Gasteiger partial charge in [-0.25, -0.2) is 0 Å². The maximum atomic E-state index is 13.1. The molecular weight excluding hydrogens is 416 g/mol. The molecule has 1 N–H and O–H groups in total. The number of carbonyl (C=O) groups is 2. The van der Waals surface area contributed by atoms with Crippen LogP contribution in [0.4, 0.5) is 0 Å². The molecule has 2 aliphatic rings. The van der Waals surface area contributed by atoms with Crippen LogP contribution in [-0.4, -0.2) is 80.2 Å². The van der Waals surface area contributed by atoms with E-state index in [0.29, 0.717) is 43.6 Å². The van der Waals surface area contributed by atoms with E-state index in [1.54, 1.807) is 30.3 Å². The number of benzene rings is 1. The average molecular weight is 442 g/mol. The van der Waals surface area contributed by atoms with Gasteiger partial charge in [-0.1, -0.05) is 0 Å². The minimum atomic E-state index is -0.835. The Bertz CT molecular complexity index is 1010. The predicted molar refractivity (Wildman–Crippen MR) is 115 cm³/mol. The Morgan fingerprint density at radius 1 is 1.12 bits per heavy atom. The first-order valence-corrected chi connectivity index (χ1v) is 10.4. The number of aliphatic hydroxyl groups is 1. The molecule has 9 nitrogen and oxygen atoms in total. The Kier molecular flexibility index (Phi) is 6.48. The summed E-state index contributed by atoms with van der Waals surface area (Å²) in [6.45, 7) is 3.69. The molecule has 1 aromatic heterocycles. The number of rotatable bonds is 7. The van der Waals surface area contributed by atoms with Crippen molar-refractivity contribution in [3.05, 3.63) is 53.5 Å². The lowest BCUT2D eigenvalue weighted by atomic mass is 9.98. The molecule has 3 heterocycles. The van der Waals surface area contributed by atoms with Crippen LogP contribution in [0.5, 0.6) is 11.5 Å². The zero-order chi connectivity index (χ0) is 22.7. The van der Waals surface area contributed by atoms with Crippen molar-refractivity contribution in [2.75, 3.05) is 53.6 Å². The number of Topliss-reactive ketones (excluding diaryl/α,β-unsaturated/α-hetero) is 1. The number of carbonyl (C=O) groups excluding carboxylic acids is 2. The maximum Gasteiger partial charge on any atom is 0.295 e. The second-order valence-corrected chi connectivity index (χ2v) is 7.53. The third kappa shape index (κ3) is 4.09. The molecule has 2 aliphatic heterocycles. The molecule has 1 atom stereocenters. The van der Waals surface area contributed by atoms with E-state index in [2.05, 4.69) is 4.90 Å². The predicted octanol–water partition coefficient (Wildman–Crippen LogP) is 2.05. The summed E-state index contributed by atoms with van der Waals surface area (Å²) in [6, 6.07) is 7.38. The van der Waals surface area contributed by atoms with E-state index in [-0.39, 0.29) is 16.9 Å². The van der Waals surface area contributed by atoms with Gasteiger partial charge in [0.05, 0.1) is 44.8 Å². The van der Waals surface area contributed by atoms with Gasteiger partial charge < -0.3 is 28.6 Å². The van der Waals surface area contributed by atoms with Crippen LogP contribution < -0.4 is 9.47 Å². The van der Waals surface area contributed by atoms with E-state index in [0.717, 1.165) is 13.1 Å². The summed E-state index contributed by atoms with van der Waals surface area (Å²) in [5.74, 6) is -0.498. The maximum absolute atomic E-state index is 13.1. The molecule has 2 fully saturated rings. The van der Waals surface area contributed by atoms with Gasteiger partial charge in [0.1, 0.15) is 29.1 Å². The van der Waals surface area contributed by atoms with Gasteiger partial charge in [0.15, 0.2) is 0 Å². The first-order valence-electron chi connectivity index (χ1n) is 10.4. The summed E-state index contributed by atoms with van der Waals surface area (Å²) >= 11 is 0. The van der Waals surface area contributed by atoms with Gasteiger partial charge in [0.25, 0.3) is 11.7 Å². The van der Waals surface area contributed by atoms with Gasteiger partial charge >= 0.3 is 0 Å². The van der Waals surface area contributed by atoms with E-state index in [1.807, 2.05) is 0 Å². The Balaban J connectivity index is 1.73. The average Bonchev–Trinajstić information content (AvgIpc) is 3.44. The smallest absolute Gasteiger partial charge is 0.295 e. The van der Waals surface area contributed by atoms with Gasteiger partial charge in [-0.15, -0.1) is 0 Å². The molecule has 2 aromatic rings. The summed E-state index contributed by atoms with van der Waals surface area (Å²) < 4.78 is 21.5. The first-order chi connectivity index (χ1) is 15.5. The van der Waals surface area contributed by atoms with Crippen LogP contribution in [0.1, 0.15) is 17.4 Å². The molecule has 9 heteroatoms. The number of methoxy groups -OCH3 is 2. The lowest BCUT2D eigenvalue weighted by molar-refractivity contribution is -0.140. The topological polar surface area (TPSA) is 102 Å². The van der Waals surface area contributed by atoms with Crippen molar-refractivity contribution in [2.45, 2.75) is 6.04 Å². The minimum absolute atomic E-state index is 0.0320. The summed E-state index contributed by atoms with van der Waals surface area (Å²) in [5.41, 5.74) is 0.256. The molecule has 0 bridgehead atoms. The summed E-state index contributed by atoms with van der Waals surface area (Å²) in [5, 5.41) is 11.2. The minimum Gasteiger partial charge on any atom is -0.507 e. The van der Waals surface area contributed by atoms with Crippen molar-refractivity contribution in [2.24, 2.45) is 0 Å². The Morgan fingerprint density at radius 3 is 2.56 bits per heavy atom. The summed E-state index contributed by atoms with van der Waals surface area (Å²) in [6.07, 6.45) is 1.48. The number of morpholine rings is 1. The van der Waals surface area contributed by atoms with Crippen LogP contribution in [-0.2, 0) is 14.3 Å². The van der Waals surface area contributed by atoms with Crippen molar-refractivity contribution < 1.29 is 33.3 Å². The molecule has 1 unspecified atom stereocenters. The van der Waals surface area contributed by atoms with Crippen molar-refractivity contribution in [3.63, 3.8) is 0 Å². The molecule has 2 saturated heterocycles. The van der Waals surface area contributed by atoms with Gasteiger partial charge in [0, 0.05) is 32.2 Å². The normalized spacial score (nSPS) is 21.2. The molecule has 0 saturated carbocycles. The number of hydrogen-bond acceptors (Lipinski definition) is 8. The van der Waals surface area contributed by atoms with E-state index >= 15 is 0 Å². The number of ether oxygens (including phenoxy) is 3. The highest BCUT2D eigenvalue weighted by Crippen LogP contribution is 2.41. The number of likely N-dealkylation sites (tertiary alicyclic amines) is 1. The highest BCUT2D eigenvalue weighted by molar-refractivity contribution is 6.46. The van der Waals surface area contributed by atoms with Crippen molar-refractivity contribution in [1.82, 2.24) is 9.80 Å². The molecule has 0 aliphatic carbocycles. The molecular formula is C23H26N2O7. The van der Waals surface area contributed by atoms with Crippen molar-refractivity contribution in [1.29, 1.82) is 0 Å². The second kappa shape index (κ2) is 9.46. The van der Waals surface area contributed by atoms with Crippen LogP contribution in [0.15, 0.2) is 46.6 Å². The Hall–Kier alpha value is -3.30. The molecule has 4 rings (SSSR count). The highest BCUT2D eigenvalue weighted by atomic mass is 16.5. The number of ketones is 1. The van der Waals surface area contributed by atoms with Crippen LogP contribution in [0, 0.1) is 0 Å². The third-order valence-corrected chi connectivity index (χ3v) is 5.78. The largest absolute Gasteiger partial charge is 0.507 e. The highest BCUT2D eigenvalue weighted by Gasteiger charge is 2.47. The van der Waals surface area contributed by atoms with Crippen molar-refractivity contribution in [3.8, 4) is 11.5 Å². The van der Waals surface area contributed by atoms with Crippen LogP contribution in [0.2, 0.25) is 0 Å². The van der Waals surface area contributed by atoms with E-state index in [9.17, 15) is 14.7 Å². The third-order valence-electron chi connectivity index (χ3n) is 5.78. The van der Waals surface area contributed by atoms with Crippen LogP contribution in [0.25, 0.3) is 5.76 Å². The first kappa shape index (κ1) is 21.9. The Morgan fingerprint density at radius 2 is 1.91 bits per heavy atom. The number of aliphatic hydroxyl groups excluding tert-OH is 1. The zero-order valence-corrected chi connectivity index (χ0v) is 18.1. The quantitative estimate of drug-likeness (QED) is 0.395. The zero-order valence-electron chi connectivity index (χ0n) is 18.1. The van der Waals surface area contributed by atoms with Gasteiger partial charge in [-0.05, 0) is 24.3 Å². The summed E-state index contributed by atoms with van der Waals surface area (Å²) in [4.78, 5) is 29.7. The molecule has 0 radical (unpaired) electrons. The van der Waals surface area contributed by atoms with E-state index in [1.165, 1.54) is 25.4 Å². The number of furan rings is 1. The SMILES string of the molecule is COc1ccc(/C(O)=C2\C(=O)C(=O)N(CCN3CCOCC3)C2c2ccco2)c(OC)c1.